The molecule has 0 N–H and O–H groups in total. The lowest BCUT2D eigenvalue weighted by atomic mass is 10.1. The maximum atomic E-state index is 11.1. The molecule has 3 nitrogen and oxygen atoms in total. The van der Waals surface area contributed by atoms with Crippen LogP contribution in [0.25, 0.3) is 0 Å². The maximum absolute atomic E-state index is 11.1. The van der Waals surface area contributed by atoms with Gasteiger partial charge in [-0.1, -0.05) is 13.8 Å². The summed E-state index contributed by atoms with van der Waals surface area (Å²) in [5, 5.41) is 0. The van der Waals surface area contributed by atoms with E-state index in [0.717, 1.165) is 0 Å². The zero-order chi connectivity index (χ0) is 9.68. The number of aromatic nitrogens is 1. The average molecular weight is 179 g/mol. The van der Waals surface area contributed by atoms with E-state index in [1.807, 2.05) is 13.8 Å². The first-order chi connectivity index (χ1) is 6.38. The SMILES string of the molecule is CC.O=C1CCOc2cccnc21. The highest BCUT2D eigenvalue weighted by atomic mass is 16.5. The zero-order valence-electron chi connectivity index (χ0n) is 7.91. The van der Waals surface area contributed by atoms with Crippen molar-refractivity contribution in [1.82, 2.24) is 4.98 Å². The van der Waals surface area contributed by atoms with Crippen molar-refractivity contribution in [2.75, 3.05) is 6.61 Å². The van der Waals surface area contributed by atoms with Gasteiger partial charge in [0.1, 0.15) is 11.4 Å². The summed E-state index contributed by atoms with van der Waals surface area (Å²) >= 11 is 0. The van der Waals surface area contributed by atoms with E-state index in [4.69, 9.17) is 4.74 Å². The Morgan fingerprint density at radius 3 is 2.92 bits per heavy atom. The fourth-order valence-corrected chi connectivity index (χ4v) is 1.09. The van der Waals surface area contributed by atoms with Crippen LogP contribution in [0.1, 0.15) is 30.8 Å². The maximum Gasteiger partial charge on any atom is 0.188 e. The molecule has 0 saturated carbocycles. The Labute approximate surface area is 77.8 Å². The standard InChI is InChI=1S/C8H7NO2.C2H6/c10-6-3-5-11-7-2-1-4-9-8(6)7;1-2/h1-2,4H,3,5H2;1-2H3. The number of fused-ring (bicyclic) bond motifs is 1. The third kappa shape index (κ3) is 2.05. The van der Waals surface area contributed by atoms with Crippen molar-refractivity contribution in [1.29, 1.82) is 0 Å². The van der Waals surface area contributed by atoms with Gasteiger partial charge in [0.25, 0.3) is 0 Å². The Morgan fingerprint density at radius 2 is 2.23 bits per heavy atom. The molecule has 0 bridgehead atoms. The van der Waals surface area contributed by atoms with Gasteiger partial charge in [-0.3, -0.25) is 4.79 Å². The smallest absolute Gasteiger partial charge is 0.188 e. The average Bonchev–Trinajstić information content (AvgIpc) is 2.22. The van der Waals surface area contributed by atoms with Crippen LogP contribution in [0.4, 0.5) is 0 Å². The molecule has 0 radical (unpaired) electrons. The van der Waals surface area contributed by atoms with E-state index < -0.39 is 0 Å². The molecule has 0 fully saturated rings. The van der Waals surface area contributed by atoms with Crippen molar-refractivity contribution in [3.05, 3.63) is 24.0 Å². The molecule has 0 atom stereocenters. The summed E-state index contributed by atoms with van der Waals surface area (Å²) in [4.78, 5) is 15.1. The molecule has 1 aromatic heterocycles. The minimum absolute atomic E-state index is 0.0758. The predicted molar refractivity (Wildman–Crippen MR) is 50.0 cm³/mol. The lowest BCUT2D eigenvalue weighted by molar-refractivity contribution is 0.0927. The molecule has 2 heterocycles. The van der Waals surface area contributed by atoms with Crippen LogP contribution in [0.5, 0.6) is 5.75 Å². The van der Waals surface area contributed by atoms with E-state index in [-0.39, 0.29) is 5.78 Å². The van der Waals surface area contributed by atoms with Gasteiger partial charge in [-0.25, -0.2) is 4.98 Å². The number of carbonyl (C=O) groups is 1. The molecule has 2 rings (SSSR count). The van der Waals surface area contributed by atoms with Crippen LogP contribution in [-0.2, 0) is 0 Å². The molecule has 0 aromatic carbocycles. The van der Waals surface area contributed by atoms with E-state index in [1.54, 1.807) is 18.3 Å². The first-order valence-electron chi connectivity index (χ1n) is 4.49. The van der Waals surface area contributed by atoms with Gasteiger partial charge < -0.3 is 4.74 Å². The van der Waals surface area contributed by atoms with Crippen LogP contribution in [-0.4, -0.2) is 17.4 Å². The predicted octanol–water partition coefficient (Wildman–Crippen LogP) is 2.07. The van der Waals surface area contributed by atoms with E-state index in [0.29, 0.717) is 24.5 Å². The summed E-state index contributed by atoms with van der Waals surface area (Å²) in [6, 6.07) is 3.52. The summed E-state index contributed by atoms with van der Waals surface area (Å²) in [7, 11) is 0. The fraction of sp³-hybridized carbons (Fsp3) is 0.400. The first kappa shape index (κ1) is 9.71. The second-order valence-corrected chi connectivity index (χ2v) is 2.37. The summed E-state index contributed by atoms with van der Waals surface area (Å²) in [6.45, 7) is 4.48. The molecule has 1 aromatic rings. The molecule has 0 unspecified atom stereocenters. The van der Waals surface area contributed by atoms with Crippen LogP contribution in [0.15, 0.2) is 18.3 Å². The number of carbonyl (C=O) groups excluding carboxylic acids is 1. The molecule has 0 saturated heterocycles. The molecule has 0 aliphatic carbocycles. The number of hydrogen-bond acceptors (Lipinski definition) is 3. The third-order valence-electron chi connectivity index (χ3n) is 1.62. The number of ether oxygens (including phenoxy) is 1. The lowest BCUT2D eigenvalue weighted by Crippen LogP contribution is -2.16. The molecule has 13 heavy (non-hydrogen) atoms. The van der Waals surface area contributed by atoms with Gasteiger partial charge in [-0.2, -0.15) is 0 Å². The monoisotopic (exact) mass is 179 g/mol. The molecule has 0 amide bonds. The molecule has 3 heteroatoms. The van der Waals surface area contributed by atoms with Gasteiger partial charge in [0.05, 0.1) is 6.61 Å². The number of Topliss-reactive ketones (excluding diaryl/α,β-unsaturated/α-hetero) is 1. The van der Waals surface area contributed by atoms with Gasteiger partial charge in [-0.15, -0.1) is 0 Å². The minimum Gasteiger partial charge on any atom is -0.491 e. The van der Waals surface area contributed by atoms with Crippen LogP contribution in [0.2, 0.25) is 0 Å². The summed E-state index contributed by atoms with van der Waals surface area (Å²) in [6.07, 6.45) is 2.05. The highest BCUT2D eigenvalue weighted by Crippen LogP contribution is 2.20. The molecule has 0 spiro atoms. The molecule has 70 valence electrons. The van der Waals surface area contributed by atoms with Crippen molar-refractivity contribution in [3.63, 3.8) is 0 Å². The second-order valence-electron chi connectivity index (χ2n) is 2.37. The quantitative estimate of drug-likeness (QED) is 0.612. The van der Waals surface area contributed by atoms with Crippen LogP contribution in [0, 0.1) is 0 Å². The van der Waals surface area contributed by atoms with Gasteiger partial charge in [0, 0.05) is 12.6 Å². The van der Waals surface area contributed by atoms with E-state index in [9.17, 15) is 4.79 Å². The Balaban J connectivity index is 0.000000396. The van der Waals surface area contributed by atoms with Gasteiger partial charge >= 0.3 is 0 Å². The highest BCUT2D eigenvalue weighted by Gasteiger charge is 2.18. The molecular weight excluding hydrogens is 166 g/mol. The van der Waals surface area contributed by atoms with E-state index >= 15 is 0 Å². The number of hydrogen-bond donors (Lipinski definition) is 0. The van der Waals surface area contributed by atoms with Crippen molar-refractivity contribution in [2.24, 2.45) is 0 Å². The lowest BCUT2D eigenvalue weighted by Gasteiger charge is -2.13. The summed E-state index contributed by atoms with van der Waals surface area (Å²) < 4.78 is 5.21. The summed E-state index contributed by atoms with van der Waals surface area (Å²) in [5.41, 5.74) is 0.471. The Hall–Kier alpha value is -1.38. The van der Waals surface area contributed by atoms with Gasteiger partial charge in [0.15, 0.2) is 5.78 Å². The normalized spacial score (nSPS) is 13.5. The Kier molecular flexibility index (Phi) is 3.43. The van der Waals surface area contributed by atoms with Crippen LogP contribution < -0.4 is 4.74 Å². The van der Waals surface area contributed by atoms with Gasteiger partial charge in [-0.05, 0) is 12.1 Å². The molecule has 1 aliphatic rings. The van der Waals surface area contributed by atoms with E-state index in [1.165, 1.54) is 0 Å². The van der Waals surface area contributed by atoms with Crippen molar-refractivity contribution >= 4 is 5.78 Å². The molecular formula is C10H13NO2. The number of rotatable bonds is 0. The summed E-state index contributed by atoms with van der Waals surface area (Å²) in [5.74, 6) is 0.690. The van der Waals surface area contributed by atoms with Crippen LogP contribution in [0.3, 0.4) is 0 Å². The fourth-order valence-electron chi connectivity index (χ4n) is 1.09. The zero-order valence-corrected chi connectivity index (χ0v) is 7.91. The third-order valence-corrected chi connectivity index (χ3v) is 1.62. The number of nitrogens with zero attached hydrogens (tertiary/aromatic N) is 1. The van der Waals surface area contributed by atoms with Crippen molar-refractivity contribution in [3.8, 4) is 5.75 Å². The van der Waals surface area contributed by atoms with Gasteiger partial charge in [0.2, 0.25) is 0 Å². The Morgan fingerprint density at radius 1 is 1.46 bits per heavy atom. The Bertz CT molecular complexity index is 297. The molecule has 1 aliphatic heterocycles. The largest absolute Gasteiger partial charge is 0.491 e. The first-order valence-corrected chi connectivity index (χ1v) is 4.49. The topological polar surface area (TPSA) is 39.2 Å². The van der Waals surface area contributed by atoms with Crippen molar-refractivity contribution < 1.29 is 9.53 Å². The van der Waals surface area contributed by atoms with Crippen LogP contribution >= 0.6 is 0 Å². The highest BCUT2D eigenvalue weighted by molar-refractivity contribution is 5.97. The number of ketones is 1. The van der Waals surface area contributed by atoms with Crippen molar-refractivity contribution in [2.45, 2.75) is 20.3 Å². The second kappa shape index (κ2) is 4.60. The van der Waals surface area contributed by atoms with E-state index in [2.05, 4.69) is 4.98 Å². The minimum atomic E-state index is 0.0758. The number of pyridine rings is 1.